The van der Waals surface area contributed by atoms with Crippen LogP contribution in [0.5, 0.6) is 0 Å². The Morgan fingerprint density at radius 1 is 1.32 bits per heavy atom. The molecule has 1 atom stereocenters. The lowest BCUT2D eigenvalue weighted by Gasteiger charge is -2.28. The Morgan fingerprint density at radius 3 is 2.77 bits per heavy atom. The Labute approximate surface area is 133 Å². The van der Waals surface area contributed by atoms with E-state index in [0.29, 0.717) is 11.6 Å². The van der Waals surface area contributed by atoms with Crippen molar-refractivity contribution in [3.63, 3.8) is 0 Å². The summed E-state index contributed by atoms with van der Waals surface area (Å²) in [7, 11) is 1.89. The van der Waals surface area contributed by atoms with Gasteiger partial charge in [0.05, 0.1) is 11.5 Å². The molecule has 0 bridgehead atoms. The van der Waals surface area contributed by atoms with Crippen LogP contribution in [-0.2, 0) is 11.8 Å². The van der Waals surface area contributed by atoms with Gasteiger partial charge in [-0.05, 0) is 38.3 Å². The van der Waals surface area contributed by atoms with Crippen LogP contribution >= 0.6 is 11.8 Å². The van der Waals surface area contributed by atoms with Gasteiger partial charge in [0.15, 0.2) is 16.7 Å². The lowest BCUT2D eigenvalue weighted by Crippen LogP contribution is -2.40. The van der Waals surface area contributed by atoms with E-state index in [2.05, 4.69) is 10.2 Å². The van der Waals surface area contributed by atoms with Crippen LogP contribution in [0.15, 0.2) is 28.0 Å². The second-order valence-corrected chi connectivity index (χ2v) is 6.80. The second-order valence-electron chi connectivity index (χ2n) is 5.49. The Bertz CT molecular complexity index is 632. The van der Waals surface area contributed by atoms with Crippen LogP contribution in [0.3, 0.4) is 0 Å². The third-order valence-electron chi connectivity index (χ3n) is 3.87. The number of likely N-dealkylation sites (tertiary alicyclic amines) is 1. The molecule has 118 valence electrons. The summed E-state index contributed by atoms with van der Waals surface area (Å²) in [6, 6.07) is 3.67. The highest BCUT2D eigenvalue weighted by molar-refractivity contribution is 8.00. The van der Waals surface area contributed by atoms with E-state index in [-0.39, 0.29) is 11.2 Å². The molecule has 2 aromatic heterocycles. The number of furan rings is 1. The summed E-state index contributed by atoms with van der Waals surface area (Å²) in [6.45, 7) is 3.68. The fraction of sp³-hybridized carbons (Fsp3) is 0.533. The predicted octanol–water partition coefficient (Wildman–Crippen LogP) is 2.57. The molecule has 0 saturated carbocycles. The number of rotatable bonds is 4. The largest absolute Gasteiger partial charge is 0.461 e. The minimum Gasteiger partial charge on any atom is -0.461 e. The average Bonchev–Trinajstić information content (AvgIpc) is 3.18. The maximum absolute atomic E-state index is 12.5. The van der Waals surface area contributed by atoms with Gasteiger partial charge in [-0.2, -0.15) is 0 Å². The molecule has 1 fully saturated rings. The number of nitrogens with zero attached hydrogens (tertiary/aromatic N) is 4. The van der Waals surface area contributed by atoms with Crippen molar-refractivity contribution in [2.45, 2.75) is 36.6 Å². The lowest BCUT2D eigenvalue weighted by molar-refractivity contribution is -0.131. The molecule has 3 rings (SSSR count). The van der Waals surface area contributed by atoms with Crippen LogP contribution in [-0.4, -0.2) is 43.9 Å². The van der Waals surface area contributed by atoms with E-state index in [4.69, 9.17) is 4.42 Å². The van der Waals surface area contributed by atoms with Crippen molar-refractivity contribution in [3.05, 3.63) is 18.4 Å². The van der Waals surface area contributed by atoms with Gasteiger partial charge >= 0.3 is 0 Å². The maximum atomic E-state index is 12.5. The molecular formula is C15H20N4O2S. The van der Waals surface area contributed by atoms with Crippen LogP contribution < -0.4 is 0 Å². The summed E-state index contributed by atoms with van der Waals surface area (Å²) >= 11 is 1.45. The molecule has 1 saturated heterocycles. The number of carbonyl (C=O) groups excluding carboxylic acids is 1. The van der Waals surface area contributed by atoms with Crippen molar-refractivity contribution >= 4 is 17.7 Å². The van der Waals surface area contributed by atoms with Crippen molar-refractivity contribution in [1.29, 1.82) is 0 Å². The molecule has 6 nitrogen and oxygen atoms in total. The van der Waals surface area contributed by atoms with E-state index in [1.807, 2.05) is 35.6 Å². The summed E-state index contributed by atoms with van der Waals surface area (Å²) in [4.78, 5) is 14.4. The standard InChI is InChI=1S/C15H20N4O2S/c1-11(14(20)19-8-4-3-5-9-19)22-15-17-16-13(18(15)2)12-7-6-10-21-12/h6-7,10-11H,3-5,8-9H2,1-2H3/t11-/m1/s1. The second kappa shape index (κ2) is 6.56. The highest BCUT2D eigenvalue weighted by Gasteiger charge is 2.25. The normalized spacial score (nSPS) is 16.7. The molecule has 0 radical (unpaired) electrons. The molecule has 0 unspecified atom stereocenters. The first-order valence-electron chi connectivity index (χ1n) is 7.55. The van der Waals surface area contributed by atoms with Crippen LogP contribution in [0.4, 0.5) is 0 Å². The minimum atomic E-state index is -0.162. The molecule has 22 heavy (non-hydrogen) atoms. The molecule has 1 aliphatic rings. The van der Waals surface area contributed by atoms with E-state index in [1.165, 1.54) is 18.2 Å². The van der Waals surface area contributed by atoms with Gasteiger partial charge in [-0.25, -0.2) is 0 Å². The summed E-state index contributed by atoms with van der Waals surface area (Å²) < 4.78 is 7.22. The smallest absolute Gasteiger partial charge is 0.235 e. The van der Waals surface area contributed by atoms with E-state index in [1.54, 1.807) is 6.26 Å². The summed E-state index contributed by atoms with van der Waals surface area (Å²) in [5.41, 5.74) is 0. The monoisotopic (exact) mass is 320 g/mol. The minimum absolute atomic E-state index is 0.162. The van der Waals surface area contributed by atoms with Crippen molar-refractivity contribution in [2.24, 2.45) is 7.05 Å². The molecule has 0 aromatic carbocycles. The summed E-state index contributed by atoms with van der Waals surface area (Å²) in [5, 5.41) is 8.91. The van der Waals surface area contributed by atoms with Crippen LogP contribution in [0.1, 0.15) is 26.2 Å². The lowest BCUT2D eigenvalue weighted by atomic mass is 10.1. The molecule has 7 heteroatoms. The number of hydrogen-bond acceptors (Lipinski definition) is 5. The fourth-order valence-corrected chi connectivity index (χ4v) is 3.52. The SMILES string of the molecule is C[C@@H](Sc1nnc(-c2ccco2)n1C)C(=O)N1CCCCC1. The number of carbonyl (C=O) groups is 1. The zero-order chi connectivity index (χ0) is 15.5. The average molecular weight is 320 g/mol. The van der Waals surface area contributed by atoms with Crippen LogP contribution in [0.2, 0.25) is 0 Å². The van der Waals surface area contributed by atoms with Gasteiger partial charge in [0.25, 0.3) is 0 Å². The van der Waals surface area contributed by atoms with E-state index in [9.17, 15) is 4.79 Å². The fourth-order valence-electron chi connectivity index (χ4n) is 2.62. The molecule has 0 N–H and O–H groups in total. The number of thioether (sulfide) groups is 1. The molecule has 2 aromatic rings. The first-order chi connectivity index (χ1) is 10.7. The third kappa shape index (κ3) is 3.04. The quantitative estimate of drug-likeness (QED) is 0.810. The summed E-state index contributed by atoms with van der Waals surface area (Å²) in [5.74, 6) is 1.54. The summed E-state index contributed by atoms with van der Waals surface area (Å²) in [6.07, 6.45) is 5.05. The van der Waals surface area contributed by atoms with Gasteiger partial charge < -0.3 is 13.9 Å². The molecule has 1 aliphatic heterocycles. The third-order valence-corrected chi connectivity index (χ3v) is 5.00. The highest BCUT2D eigenvalue weighted by atomic mass is 32.2. The molecule has 0 aliphatic carbocycles. The van der Waals surface area contributed by atoms with Gasteiger partial charge in [0.2, 0.25) is 5.91 Å². The van der Waals surface area contributed by atoms with Gasteiger partial charge in [-0.1, -0.05) is 11.8 Å². The number of hydrogen-bond donors (Lipinski definition) is 0. The number of amides is 1. The van der Waals surface area contributed by atoms with Crippen molar-refractivity contribution in [2.75, 3.05) is 13.1 Å². The Morgan fingerprint density at radius 2 is 2.09 bits per heavy atom. The molecular weight excluding hydrogens is 300 g/mol. The first-order valence-corrected chi connectivity index (χ1v) is 8.43. The molecule has 3 heterocycles. The number of aromatic nitrogens is 3. The first kappa shape index (κ1) is 15.1. The molecule has 1 amide bonds. The Kier molecular flexibility index (Phi) is 4.52. The predicted molar refractivity (Wildman–Crippen MR) is 84.5 cm³/mol. The Hall–Kier alpha value is -1.76. The Balaban J connectivity index is 1.69. The van der Waals surface area contributed by atoms with E-state index >= 15 is 0 Å². The van der Waals surface area contributed by atoms with Crippen LogP contribution in [0, 0.1) is 0 Å². The van der Waals surface area contributed by atoms with Crippen molar-refractivity contribution < 1.29 is 9.21 Å². The van der Waals surface area contributed by atoms with Crippen molar-refractivity contribution in [1.82, 2.24) is 19.7 Å². The molecule has 0 spiro atoms. The van der Waals surface area contributed by atoms with E-state index in [0.717, 1.165) is 31.1 Å². The maximum Gasteiger partial charge on any atom is 0.235 e. The van der Waals surface area contributed by atoms with Gasteiger partial charge in [-0.15, -0.1) is 10.2 Å². The zero-order valence-electron chi connectivity index (χ0n) is 12.9. The van der Waals surface area contributed by atoms with Crippen molar-refractivity contribution in [3.8, 4) is 11.6 Å². The zero-order valence-corrected chi connectivity index (χ0v) is 13.7. The van der Waals surface area contributed by atoms with Gasteiger partial charge in [-0.3, -0.25) is 4.79 Å². The van der Waals surface area contributed by atoms with E-state index < -0.39 is 0 Å². The highest BCUT2D eigenvalue weighted by Crippen LogP contribution is 2.27. The number of piperidine rings is 1. The van der Waals surface area contributed by atoms with Gasteiger partial charge in [0, 0.05) is 20.1 Å². The van der Waals surface area contributed by atoms with Crippen LogP contribution in [0.25, 0.3) is 11.6 Å². The van der Waals surface area contributed by atoms with Gasteiger partial charge in [0.1, 0.15) is 0 Å². The topological polar surface area (TPSA) is 64.2 Å².